The first-order chi connectivity index (χ1) is 26.7. The number of unbranched alkanes of at least 4 members (excludes halogenated alkanes) is 2. The van der Waals surface area contributed by atoms with Crippen LogP contribution in [0.5, 0.6) is 17.2 Å². The van der Waals surface area contributed by atoms with Crippen molar-refractivity contribution in [3.8, 4) is 17.2 Å². The number of likely N-dealkylation sites (N-methyl/N-ethyl adjacent to an activating group) is 1. The highest BCUT2D eigenvalue weighted by Crippen LogP contribution is 2.57. The molecule has 57 heavy (non-hydrogen) atoms. The van der Waals surface area contributed by atoms with E-state index in [1.165, 1.54) is 31.1 Å². The van der Waals surface area contributed by atoms with E-state index in [-0.39, 0.29) is 24.2 Å². The van der Waals surface area contributed by atoms with Gasteiger partial charge in [0.2, 0.25) is 5.78 Å². The largest absolute Gasteiger partial charge is 0.508 e. The average molecular weight is 794 g/mol. The van der Waals surface area contributed by atoms with Gasteiger partial charge in [-0.25, -0.2) is 0 Å². The fourth-order valence-corrected chi connectivity index (χ4v) is 8.42. The van der Waals surface area contributed by atoms with Gasteiger partial charge in [-0.15, -0.1) is 5.11 Å². The number of aromatic hydroxyl groups is 1. The van der Waals surface area contributed by atoms with Crippen LogP contribution in [0.2, 0.25) is 0 Å². The molecule has 0 bridgehead atoms. The number of amides is 1. The number of nitrogens with zero attached hydrogens (tertiary/aromatic N) is 4. The van der Waals surface area contributed by atoms with Crippen LogP contribution >= 0.6 is 0 Å². The smallest absolute Gasteiger partial charge is 0.255 e. The minimum absolute atomic E-state index is 0. The monoisotopic (exact) mass is 793 g/mol. The number of carbonyl (C=O) groups excluding carboxylic acids is 3. The van der Waals surface area contributed by atoms with Crippen LogP contribution in [0.25, 0.3) is 5.76 Å². The maximum Gasteiger partial charge on any atom is 0.255 e. The molecular weight excluding hydrogens is 738 g/mol. The lowest BCUT2D eigenvalue weighted by Gasteiger charge is -2.53. The number of rotatable bonds is 13. The Kier molecular flexibility index (Phi) is 13.0. The number of morpholine rings is 1. The number of hydrogen-bond donors (Lipinski definition) is 6. The molecule has 2 aromatic rings. The van der Waals surface area contributed by atoms with Crippen molar-refractivity contribution in [1.29, 1.82) is 0 Å². The Morgan fingerprint density at radius 3 is 2.21 bits per heavy atom. The van der Waals surface area contributed by atoms with E-state index in [2.05, 4.69) is 29.0 Å². The van der Waals surface area contributed by atoms with Gasteiger partial charge in [0.25, 0.3) is 5.91 Å². The third kappa shape index (κ3) is 7.35. The summed E-state index contributed by atoms with van der Waals surface area (Å²) in [6.45, 7) is 9.13. The molecule has 3 aliphatic carbocycles. The Bertz CT molecular complexity index is 1990. The Labute approximate surface area is 332 Å². The van der Waals surface area contributed by atoms with Crippen LogP contribution in [0.4, 0.5) is 17.1 Å². The van der Waals surface area contributed by atoms with Gasteiger partial charge in [-0.1, -0.05) is 41.0 Å². The van der Waals surface area contributed by atoms with Crippen LogP contribution in [0, 0.1) is 11.8 Å². The number of anilines is 1. The minimum Gasteiger partial charge on any atom is -0.508 e. The Morgan fingerprint density at radius 1 is 1.00 bits per heavy atom. The third-order valence-corrected chi connectivity index (χ3v) is 11.3. The van der Waals surface area contributed by atoms with E-state index in [1.807, 2.05) is 6.07 Å². The molecule has 7 N–H and O–H groups in total. The molecule has 6 atom stereocenters. The van der Waals surface area contributed by atoms with Gasteiger partial charge in [0.05, 0.1) is 61.4 Å². The Balaban J connectivity index is 0.00000620. The minimum atomic E-state index is -3.02. The van der Waals surface area contributed by atoms with Gasteiger partial charge in [-0.05, 0) is 50.6 Å². The molecule has 2 aromatic carbocycles. The van der Waals surface area contributed by atoms with E-state index in [0.29, 0.717) is 56.7 Å². The normalized spacial score (nSPS) is 26.0. The number of aliphatic hydroxyl groups excluding tert-OH is 3. The number of aliphatic hydroxyl groups is 4. The van der Waals surface area contributed by atoms with E-state index < -0.39 is 81.4 Å². The van der Waals surface area contributed by atoms with Crippen molar-refractivity contribution in [2.45, 2.75) is 77.5 Å². The van der Waals surface area contributed by atoms with Gasteiger partial charge in [0.1, 0.15) is 40.0 Å². The number of ether oxygens (including phenoxy) is 3. The number of ketones is 2. The molecule has 1 amide bonds. The number of fused-ring (bicyclic) bond motifs is 3. The summed E-state index contributed by atoms with van der Waals surface area (Å²) in [5.41, 5.74) is 2.35. The molecule has 2 fully saturated rings. The number of hydrogen-bond acceptors (Lipinski definition) is 15. The second-order valence-corrected chi connectivity index (χ2v) is 14.9. The van der Waals surface area contributed by atoms with Gasteiger partial charge in [-0.3, -0.25) is 19.3 Å². The number of phenolic OH excluding ortho intramolecular Hbond substituents is 1. The molecule has 0 aromatic heterocycles. The van der Waals surface area contributed by atoms with Crippen molar-refractivity contribution in [2.75, 3.05) is 58.5 Å². The number of benzene rings is 2. The molecule has 6 rings (SSSR count). The Morgan fingerprint density at radius 2 is 1.61 bits per heavy atom. The lowest BCUT2D eigenvalue weighted by Crippen LogP contribution is -2.70. The molecule has 1 unspecified atom stereocenters. The number of nitrogens with two attached hydrogens (primary N) is 1. The second kappa shape index (κ2) is 17.2. The van der Waals surface area contributed by atoms with Gasteiger partial charge >= 0.3 is 0 Å². The molecule has 1 heterocycles. The average Bonchev–Trinajstić information content (AvgIpc) is 3.16. The number of Topliss-reactive ketones (excluding diaryl/α,β-unsaturated/α-hetero) is 2. The molecule has 16 nitrogen and oxygen atoms in total. The van der Waals surface area contributed by atoms with Gasteiger partial charge < -0.3 is 50.4 Å². The van der Waals surface area contributed by atoms with Crippen molar-refractivity contribution in [3.05, 3.63) is 52.3 Å². The number of phenols is 1. The highest BCUT2D eigenvalue weighted by Gasteiger charge is 2.68. The fraction of sp³-hybridized carbons (Fsp3) is 0.537. The SMILES string of the molecule is C.CCCCOc1cc(N2CCOCC2)c(OCCCC)cc1N=Nc1ccc(O)c2c1C(C)[C@@H]1C(=C2O)C(=O)[C@]2(O)C(O)=C(C(N)=O)C(=O)[C@@H](N(C)C)[C@@H]2[C@H]1O. The zero-order valence-corrected chi connectivity index (χ0v) is 32.3. The molecule has 1 saturated heterocycles. The highest BCUT2D eigenvalue weighted by atomic mass is 16.5. The molecule has 16 heteroatoms. The van der Waals surface area contributed by atoms with Crippen LogP contribution in [0.15, 0.2) is 51.4 Å². The van der Waals surface area contributed by atoms with Crippen LogP contribution < -0.4 is 20.1 Å². The van der Waals surface area contributed by atoms with E-state index >= 15 is 0 Å². The summed E-state index contributed by atoms with van der Waals surface area (Å²) >= 11 is 0. The summed E-state index contributed by atoms with van der Waals surface area (Å²) in [6.07, 6.45) is 1.72. The van der Waals surface area contributed by atoms with Crippen LogP contribution in [0.1, 0.15) is 70.9 Å². The molecule has 310 valence electrons. The molecule has 4 aliphatic rings. The van der Waals surface area contributed by atoms with Crippen LogP contribution in [-0.2, 0) is 19.1 Å². The van der Waals surface area contributed by atoms with Gasteiger partial charge in [0, 0.05) is 36.7 Å². The summed E-state index contributed by atoms with van der Waals surface area (Å²) in [7, 11) is 2.90. The van der Waals surface area contributed by atoms with Crippen molar-refractivity contribution < 1.29 is 54.1 Å². The molecular formula is C41H55N5O11. The summed E-state index contributed by atoms with van der Waals surface area (Å²) < 4.78 is 18.1. The molecule has 1 saturated carbocycles. The van der Waals surface area contributed by atoms with Crippen molar-refractivity contribution >= 4 is 40.3 Å². The first-order valence-electron chi connectivity index (χ1n) is 19.1. The van der Waals surface area contributed by atoms with E-state index in [1.54, 1.807) is 13.0 Å². The summed E-state index contributed by atoms with van der Waals surface area (Å²) in [5.74, 6) is -8.91. The zero-order valence-electron chi connectivity index (χ0n) is 32.3. The lowest BCUT2D eigenvalue weighted by atomic mass is 9.54. The first kappa shape index (κ1) is 43.1. The first-order valence-corrected chi connectivity index (χ1v) is 19.1. The standard InChI is InChI=1S/C40H51N5O11.CH4/c1-6-8-14-55-25-19-23(45-12-16-54-17-13-45)26(56-15-9-7-2)18-22(25)43-42-21-10-11-24(46)29-27(21)20(3)28-30(34(29)47)37(50)40(53)32(35(28)48)33(44(4)5)36(49)31(38(40)51)39(41)52;/h10-11,18-20,28,32-33,35,46-48,51,53H,6-9,12-17H2,1-5H3,(H2,41,52);1H4/t20?,28-,32-,33+,35+,40+;/m1./s1. The molecule has 0 spiro atoms. The van der Waals surface area contributed by atoms with Gasteiger partial charge in [-0.2, -0.15) is 5.11 Å². The number of primary amides is 1. The lowest BCUT2D eigenvalue weighted by molar-refractivity contribution is -0.169. The zero-order chi connectivity index (χ0) is 40.6. The maximum atomic E-state index is 14.4. The van der Waals surface area contributed by atoms with E-state index in [4.69, 9.17) is 19.9 Å². The second-order valence-electron chi connectivity index (χ2n) is 14.9. The predicted octanol–water partition coefficient (Wildman–Crippen LogP) is 4.74. The van der Waals surface area contributed by atoms with Gasteiger partial charge in [0.15, 0.2) is 11.4 Å². The molecule has 0 radical (unpaired) electrons. The predicted molar refractivity (Wildman–Crippen MR) is 212 cm³/mol. The molecule has 1 aliphatic heterocycles. The summed E-state index contributed by atoms with van der Waals surface area (Å²) in [5, 5.41) is 67.4. The summed E-state index contributed by atoms with van der Waals surface area (Å²) in [6, 6.07) is 4.93. The van der Waals surface area contributed by atoms with Crippen molar-refractivity contribution in [1.82, 2.24) is 4.90 Å². The van der Waals surface area contributed by atoms with Crippen molar-refractivity contribution in [2.24, 2.45) is 27.8 Å². The fourth-order valence-electron chi connectivity index (χ4n) is 8.42. The van der Waals surface area contributed by atoms with Crippen LogP contribution in [0.3, 0.4) is 0 Å². The highest BCUT2D eigenvalue weighted by molar-refractivity contribution is 6.24. The van der Waals surface area contributed by atoms with E-state index in [9.17, 15) is 39.9 Å². The number of carbonyl (C=O) groups is 3. The quantitative estimate of drug-likeness (QED) is 0.0914. The van der Waals surface area contributed by atoms with E-state index in [0.717, 1.165) is 31.4 Å². The third-order valence-electron chi connectivity index (χ3n) is 11.3. The number of azo groups is 1. The topological polar surface area (TPSA) is 237 Å². The van der Waals surface area contributed by atoms with Crippen LogP contribution in [-0.4, -0.2) is 119 Å². The van der Waals surface area contributed by atoms with Crippen molar-refractivity contribution in [3.63, 3.8) is 0 Å². The maximum absolute atomic E-state index is 14.4. The Hall–Kier alpha value is -5.03. The summed E-state index contributed by atoms with van der Waals surface area (Å²) in [4.78, 5) is 43.8.